The molecule has 27 heavy (non-hydrogen) atoms. The Hall–Kier alpha value is -3.14. The number of benzene rings is 1. The quantitative estimate of drug-likeness (QED) is 0.607. The highest BCUT2D eigenvalue weighted by molar-refractivity contribution is 6.00. The number of aromatic hydroxyl groups is 1. The van der Waals surface area contributed by atoms with Gasteiger partial charge in [-0.3, -0.25) is 9.78 Å². The summed E-state index contributed by atoms with van der Waals surface area (Å²) in [5, 5.41) is 23.7. The minimum atomic E-state index is -5.34. The first-order valence-corrected chi connectivity index (χ1v) is 7.74. The Labute approximate surface area is 150 Å². The van der Waals surface area contributed by atoms with Gasteiger partial charge in [0.1, 0.15) is 11.7 Å². The number of Topliss-reactive ketones (excluding diaryl/α,β-unsaturated/α-hetero) is 1. The lowest BCUT2D eigenvalue weighted by molar-refractivity contribution is -0.287. The van der Waals surface area contributed by atoms with Crippen molar-refractivity contribution in [3.05, 3.63) is 59.9 Å². The molecule has 3 rings (SSSR count). The van der Waals surface area contributed by atoms with Crippen LogP contribution in [0.5, 0.6) is 5.75 Å². The summed E-state index contributed by atoms with van der Waals surface area (Å²) in [6.45, 7) is 0. The maximum absolute atomic E-state index is 13.7. The summed E-state index contributed by atoms with van der Waals surface area (Å²) in [6.07, 6.45) is -2.95. The number of urea groups is 1. The number of amides is 2. The lowest BCUT2D eigenvalue weighted by Crippen LogP contribution is -2.72. The van der Waals surface area contributed by atoms with Crippen molar-refractivity contribution in [1.82, 2.24) is 15.6 Å². The van der Waals surface area contributed by atoms with E-state index in [-0.39, 0.29) is 16.9 Å². The van der Waals surface area contributed by atoms with Crippen LogP contribution in [0.4, 0.5) is 18.0 Å². The summed E-state index contributed by atoms with van der Waals surface area (Å²) in [6, 6.07) is 4.81. The van der Waals surface area contributed by atoms with Gasteiger partial charge in [0.2, 0.25) is 5.72 Å². The predicted molar refractivity (Wildman–Crippen MR) is 85.6 cm³/mol. The Morgan fingerprint density at radius 1 is 1.22 bits per heavy atom. The monoisotopic (exact) mass is 381 g/mol. The number of ketones is 1. The number of phenols is 1. The third-order valence-corrected chi connectivity index (χ3v) is 4.26. The van der Waals surface area contributed by atoms with Gasteiger partial charge in [-0.25, -0.2) is 4.79 Å². The van der Waals surface area contributed by atoms with Crippen LogP contribution in [0.25, 0.3) is 0 Å². The third kappa shape index (κ3) is 3.31. The van der Waals surface area contributed by atoms with Crippen LogP contribution in [0.15, 0.2) is 48.8 Å². The summed E-state index contributed by atoms with van der Waals surface area (Å²) in [5.41, 5.74) is -3.97. The summed E-state index contributed by atoms with van der Waals surface area (Å²) in [7, 11) is 0. The van der Waals surface area contributed by atoms with Crippen molar-refractivity contribution in [2.75, 3.05) is 0 Å². The topological polar surface area (TPSA) is 112 Å². The molecule has 2 aromatic rings. The second-order valence-corrected chi connectivity index (χ2v) is 6.02. The number of phenolic OH excluding ortho intramolecular Hbond substituents is 1. The number of nitrogens with one attached hydrogen (secondary N) is 2. The molecule has 7 nitrogen and oxygen atoms in total. The fourth-order valence-electron chi connectivity index (χ4n) is 3.02. The van der Waals surface area contributed by atoms with Gasteiger partial charge in [0, 0.05) is 18.0 Å². The zero-order valence-electron chi connectivity index (χ0n) is 13.6. The molecule has 1 aromatic heterocycles. The highest BCUT2D eigenvalue weighted by Gasteiger charge is 2.66. The second kappa shape index (κ2) is 6.54. The summed E-state index contributed by atoms with van der Waals surface area (Å²) in [4.78, 5) is 28.4. The van der Waals surface area contributed by atoms with Crippen molar-refractivity contribution in [3.8, 4) is 5.75 Å². The molecule has 1 aromatic carbocycles. The second-order valence-electron chi connectivity index (χ2n) is 6.02. The maximum Gasteiger partial charge on any atom is 0.437 e. The number of alkyl halides is 3. The van der Waals surface area contributed by atoms with Crippen LogP contribution in [-0.2, 0) is 0 Å². The number of nitrogens with zero attached hydrogens (tertiary/aromatic N) is 1. The molecular formula is C17H14F3N3O4. The van der Waals surface area contributed by atoms with E-state index in [1.54, 1.807) is 0 Å². The zero-order valence-corrected chi connectivity index (χ0v) is 13.6. The van der Waals surface area contributed by atoms with Crippen molar-refractivity contribution in [1.29, 1.82) is 0 Å². The minimum Gasteiger partial charge on any atom is -0.508 e. The van der Waals surface area contributed by atoms with Gasteiger partial charge in [0.15, 0.2) is 5.78 Å². The van der Waals surface area contributed by atoms with Crippen LogP contribution in [0, 0.1) is 5.92 Å². The van der Waals surface area contributed by atoms with Crippen molar-refractivity contribution < 1.29 is 33.0 Å². The molecule has 0 unspecified atom stereocenters. The summed E-state index contributed by atoms with van der Waals surface area (Å²) < 4.78 is 41.1. The first-order chi connectivity index (χ1) is 12.6. The number of hydrogen-bond donors (Lipinski definition) is 4. The number of pyridine rings is 1. The summed E-state index contributed by atoms with van der Waals surface area (Å²) in [5.74, 6) is -3.52. The Bertz CT molecular complexity index is 875. The van der Waals surface area contributed by atoms with Crippen molar-refractivity contribution in [2.24, 2.45) is 5.92 Å². The molecule has 1 saturated heterocycles. The molecule has 142 valence electrons. The molecule has 0 radical (unpaired) electrons. The maximum atomic E-state index is 13.7. The Kier molecular flexibility index (Phi) is 4.52. The smallest absolute Gasteiger partial charge is 0.437 e. The minimum absolute atomic E-state index is 0.0229. The Morgan fingerprint density at radius 2 is 1.96 bits per heavy atom. The highest BCUT2D eigenvalue weighted by atomic mass is 19.4. The van der Waals surface area contributed by atoms with Crippen LogP contribution in [0.2, 0.25) is 0 Å². The summed E-state index contributed by atoms with van der Waals surface area (Å²) >= 11 is 0. The number of halogens is 3. The largest absolute Gasteiger partial charge is 0.508 e. The average Bonchev–Trinajstić information content (AvgIpc) is 2.60. The highest BCUT2D eigenvalue weighted by Crippen LogP contribution is 2.44. The van der Waals surface area contributed by atoms with E-state index >= 15 is 0 Å². The van der Waals surface area contributed by atoms with Crippen molar-refractivity contribution >= 4 is 11.8 Å². The van der Waals surface area contributed by atoms with Gasteiger partial charge < -0.3 is 20.8 Å². The van der Waals surface area contributed by atoms with Crippen molar-refractivity contribution in [2.45, 2.75) is 17.9 Å². The molecular weight excluding hydrogens is 367 g/mol. The molecule has 1 aliphatic heterocycles. The van der Waals surface area contributed by atoms with Crippen LogP contribution < -0.4 is 10.6 Å². The van der Waals surface area contributed by atoms with E-state index in [4.69, 9.17) is 0 Å². The first kappa shape index (κ1) is 18.6. The van der Waals surface area contributed by atoms with E-state index in [1.165, 1.54) is 41.8 Å². The fourth-order valence-corrected chi connectivity index (χ4v) is 3.02. The van der Waals surface area contributed by atoms with Crippen LogP contribution in [-0.4, -0.2) is 38.9 Å². The van der Waals surface area contributed by atoms with Crippen molar-refractivity contribution in [3.63, 3.8) is 0 Å². The molecule has 0 aliphatic carbocycles. The van der Waals surface area contributed by atoms with Crippen LogP contribution in [0.1, 0.15) is 22.0 Å². The molecule has 0 saturated carbocycles. The predicted octanol–water partition coefficient (Wildman–Crippen LogP) is 1.89. The van der Waals surface area contributed by atoms with Gasteiger partial charge >= 0.3 is 12.2 Å². The molecule has 10 heteroatoms. The molecule has 1 fully saturated rings. The van der Waals surface area contributed by atoms with Gasteiger partial charge in [-0.05, 0) is 29.8 Å². The van der Waals surface area contributed by atoms with E-state index in [0.717, 1.165) is 12.3 Å². The number of hydrogen-bond acceptors (Lipinski definition) is 5. The molecule has 2 amide bonds. The third-order valence-electron chi connectivity index (χ3n) is 4.26. The number of aromatic nitrogens is 1. The van der Waals surface area contributed by atoms with E-state index in [0.29, 0.717) is 0 Å². The molecule has 4 N–H and O–H groups in total. The van der Waals surface area contributed by atoms with Gasteiger partial charge in [-0.15, -0.1) is 0 Å². The lowest BCUT2D eigenvalue weighted by Gasteiger charge is -2.45. The van der Waals surface area contributed by atoms with Gasteiger partial charge in [0.05, 0.1) is 6.04 Å². The lowest BCUT2D eigenvalue weighted by atomic mass is 9.77. The number of carbonyl (C=O) groups excluding carboxylic acids is 2. The van der Waals surface area contributed by atoms with Gasteiger partial charge in [-0.1, -0.05) is 12.1 Å². The average molecular weight is 381 g/mol. The van der Waals surface area contributed by atoms with Crippen LogP contribution in [0.3, 0.4) is 0 Å². The molecule has 1 aliphatic rings. The zero-order chi connectivity index (χ0) is 19.8. The first-order valence-electron chi connectivity index (χ1n) is 7.74. The number of aliphatic hydroxyl groups is 1. The Balaban J connectivity index is 2.17. The number of rotatable bonds is 3. The molecule has 0 spiro atoms. The van der Waals surface area contributed by atoms with Crippen LogP contribution >= 0.6 is 0 Å². The van der Waals surface area contributed by atoms with Gasteiger partial charge in [-0.2, -0.15) is 13.2 Å². The fraction of sp³-hybridized carbons (Fsp3) is 0.235. The van der Waals surface area contributed by atoms with Gasteiger partial charge in [0.25, 0.3) is 0 Å². The normalized spacial score (nSPS) is 25.4. The molecule has 2 heterocycles. The van der Waals surface area contributed by atoms with E-state index in [1.807, 2.05) is 0 Å². The molecule has 0 bridgehead atoms. The SMILES string of the molecule is O=C1N[C@H](c2cccc(O)c2)[C@H](C(=O)c2cccnc2)[C@@](O)(C(F)(F)F)N1. The standard InChI is InChI=1S/C17H14F3N3O4/c18-17(19,20)16(27)12(14(25)10-4-2-6-21-8-10)13(22-15(26)23-16)9-3-1-5-11(24)7-9/h1-8,12-13,24,27H,(H2,22,23,26)/t12-,13-,16-/m1/s1. The Morgan fingerprint density at radius 3 is 2.56 bits per heavy atom. The van der Waals surface area contributed by atoms with E-state index < -0.39 is 35.7 Å². The number of carbonyl (C=O) groups is 2. The molecule has 3 atom stereocenters. The van der Waals surface area contributed by atoms with E-state index in [9.17, 15) is 33.0 Å². The van der Waals surface area contributed by atoms with E-state index in [2.05, 4.69) is 10.3 Å².